The van der Waals surface area contributed by atoms with E-state index < -0.39 is 0 Å². The van der Waals surface area contributed by atoms with E-state index >= 15 is 0 Å². The lowest BCUT2D eigenvalue weighted by Gasteiger charge is -2.11. The van der Waals surface area contributed by atoms with Gasteiger partial charge in [0.15, 0.2) is 0 Å². The summed E-state index contributed by atoms with van der Waals surface area (Å²) in [5.74, 6) is 0.985. The number of hydrogen-bond acceptors (Lipinski definition) is 3. The zero-order valence-corrected chi connectivity index (χ0v) is 11.1. The van der Waals surface area contributed by atoms with Gasteiger partial charge in [-0.25, -0.2) is 4.98 Å². The summed E-state index contributed by atoms with van der Waals surface area (Å²) in [5, 5.41) is 0. The maximum absolute atomic E-state index is 11.9. The van der Waals surface area contributed by atoms with Crippen LogP contribution in [-0.2, 0) is 18.3 Å². The number of nitrogens with zero attached hydrogens (tertiary/aromatic N) is 2. The predicted octanol–water partition coefficient (Wildman–Crippen LogP) is 2.01. The molecule has 4 nitrogen and oxygen atoms in total. The van der Waals surface area contributed by atoms with E-state index in [1.165, 1.54) is 0 Å². The lowest BCUT2D eigenvalue weighted by molar-refractivity contribution is -0.118. The molecule has 0 spiro atoms. The Labute approximate surface area is 113 Å². The number of carbonyl (C=O) groups excluding carboxylic acids is 1. The first-order valence-corrected chi connectivity index (χ1v) is 6.45. The summed E-state index contributed by atoms with van der Waals surface area (Å²) in [5.41, 5.74) is 7.15. The molecule has 19 heavy (non-hydrogen) atoms. The second-order valence-electron chi connectivity index (χ2n) is 4.73. The van der Waals surface area contributed by atoms with E-state index in [1.807, 2.05) is 48.1 Å². The normalized spacial score (nSPS) is 12.3. The Morgan fingerprint density at radius 3 is 2.74 bits per heavy atom. The van der Waals surface area contributed by atoms with E-state index in [1.54, 1.807) is 6.20 Å². The van der Waals surface area contributed by atoms with Gasteiger partial charge in [-0.1, -0.05) is 30.3 Å². The van der Waals surface area contributed by atoms with Crippen molar-refractivity contribution in [2.24, 2.45) is 12.8 Å². The van der Waals surface area contributed by atoms with Gasteiger partial charge >= 0.3 is 0 Å². The van der Waals surface area contributed by atoms with E-state index in [0.717, 1.165) is 11.4 Å². The molecule has 1 unspecified atom stereocenters. The first kappa shape index (κ1) is 13.5. The number of ketones is 1. The van der Waals surface area contributed by atoms with Crippen LogP contribution in [-0.4, -0.2) is 15.3 Å². The summed E-state index contributed by atoms with van der Waals surface area (Å²) in [6.45, 7) is 0. The molecule has 0 amide bonds. The second-order valence-corrected chi connectivity index (χ2v) is 4.73. The van der Waals surface area contributed by atoms with E-state index in [4.69, 9.17) is 5.73 Å². The van der Waals surface area contributed by atoms with E-state index in [9.17, 15) is 4.79 Å². The lowest BCUT2D eigenvalue weighted by atomic mass is 10.0. The smallest absolute Gasteiger partial charge is 0.140 e. The fourth-order valence-corrected chi connectivity index (χ4v) is 2.01. The molecule has 1 aromatic carbocycles. The SMILES string of the molecule is Cn1ccnc1CC(=O)CCC(N)c1ccccc1. The third-order valence-corrected chi connectivity index (χ3v) is 3.24. The highest BCUT2D eigenvalue weighted by Gasteiger charge is 2.11. The summed E-state index contributed by atoms with van der Waals surface area (Å²) in [6, 6.07) is 9.80. The summed E-state index contributed by atoms with van der Waals surface area (Å²) in [6.07, 6.45) is 5.10. The van der Waals surface area contributed by atoms with Crippen LogP contribution in [0.25, 0.3) is 0 Å². The average Bonchev–Trinajstić information content (AvgIpc) is 2.82. The molecule has 4 heteroatoms. The molecule has 0 bridgehead atoms. The van der Waals surface area contributed by atoms with Gasteiger partial charge in [0.1, 0.15) is 11.6 Å². The van der Waals surface area contributed by atoms with Crippen molar-refractivity contribution >= 4 is 5.78 Å². The standard InChI is InChI=1S/C15H19N3O/c1-18-10-9-17-15(18)11-13(19)7-8-14(16)12-5-3-2-4-6-12/h2-6,9-10,14H,7-8,11,16H2,1H3. The fourth-order valence-electron chi connectivity index (χ4n) is 2.01. The molecule has 0 aliphatic heterocycles. The quantitative estimate of drug-likeness (QED) is 0.861. The number of aromatic nitrogens is 2. The molecule has 0 radical (unpaired) electrons. The lowest BCUT2D eigenvalue weighted by Crippen LogP contribution is -2.14. The van der Waals surface area contributed by atoms with E-state index in [2.05, 4.69) is 4.98 Å². The summed E-state index contributed by atoms with van der Waals surface area (Å²) in [4.78, 5) is 16.0. The number of carbonyl (C=O) groups is 1. The fraction of sp³-hybridized carbons (Fsp3) is 0.333. The van der Waals surface area contributed by atoms with Crippen LogP contribution in [0.4, 0.5) is 0 Å². The number of aryl methyl sites for hydroxylation is 1. The van der Waals surface area contributed by atoms with Gasteiger partial charge < -0.3 is 10.3 Å². The minimum atomic E-state index is -0.0773. The van der Waals surface area contributed by atoms with Crippen molar-refractivity contribution in [1.82, 2.24) is 9.55 Å². The monoisotopic (exact) mass is 257 g/mol. The largest absolute Gasteiger partial charge is 0.338 e. The van der Waals surface area contributed by atoms with E-state index in [-0.39, 0.29) is 11.8 Å². The number of benzene rings is 1. The minimum Gasteiger partial charge on any atom is -0.338 e. The molecular weight excluding hydrogens is 238 g/mol. The van der Waals surface area contributed by atoms with Crippen molar-refractivity contribution < 1.29 is 4.79 Å². The van der Waals surface area contributed by atoms with Gasteiger partial charge in [0.05, 0.1) is 6.42 Å². The molecule has 2 aromatic rings. The molecule has 1 heterocycles. The molecule has 0 aliphatic carbocycles. The Bertz CT molecular complexity index is 533. The second kappa shape index (κ2) is 6.29. The average molecular weight is 257 g/mol. The number of hydrogen-bond donors (Lipinski definition) is 1. The summed E-state index contributed by atoms with van der Waals surface area (Å²) < 4.78 is 1.87. The maximum atomic E-state index is 11.9. The molecular formula is C15H19N3O. The Morgan fingerprint density at radius 1 is 1.37 bits per heavy atom. The molecule has 0 saturated heterocycles. The molecule has 1 atom stereocenters. The van der Waals surface area contributed by atoms with Crippen molar-refractivity contribution in [3.05, 3.63) is 54.1 Å². The zero-order valence-electron chi connectivity index (χ0n) is 11.1. The number of rotatable bonds is 6. The van der Waals surface area contributed by atoms with Crippen LogP contribution >= 0.6 is 0 Å². The van der Waals surface area contributed by atoms with Crippen molar-refractivity contribution in [3.8, 4) is 0 Å². The van der Waals surface area contributed by atoms with E-state index in [0.29, 0.717) is 19.3 Å². The highest BCUT2D eigenvalue weighted by molar-refractivity contribution is 5.80. The molecule has 2 N–H and O–H groups in total. The van der Waals surface area contributed by atoms with Crippen LogP contribution in [0, 0.1) is 0 Å². The highest BCUT2D eigenvalue weighted by atomic mass is 16.1. The van der Waals surface area contributed by atoms with Crippen molar-refractivity contribution in [2.45, 2.75) is 25.3 Å². The van der Waals surface area contributed by atoms with Gasteiger partial charge in [0, 0.05) is 31.9 Å². The Morgan fingerprint density at radius 2 is 2.11 bits per heavy atom. The highest BCUT2D eigenvalue weighted by Crippen LogP contribution is 2.15. The Kier molecular flexibility index (Phi) is 4.47. The van der Waals surface area contributed by atoms with Gasteiger partial charge in [0.25, 0.3) is 0 Å². The first-order chi connectivity index (χ1) is 9.16. The zero-order chi connectivity index (χ0) is 13.7. The summed E-state index contributed by atoms with van der Waals surface area (Å²) >= 11 is 0. The van der Waals surface area contributed by atoms with Crippen LogP contribution < -0.4 is 5.73 Å². The minimum absolute atomic E-state index is 0.0773. The Balaban J connectivity index is 1.82. The predicted molar refractivity (Wildman–Crippen MR) is 74.5 cm³/mol. The maximum Gasteiger partial charge on any atom is 0.140 e. The van der Waals surface area contributed by atoms with Crippen LogP contribution in [0.15, 0.2) is 42.7 Å². The molecule has 2 rings (SSSR count). The number of Topliss-reactive ketones (excluding diaryl/α,β-unsaturated/α-hetero) is 1. The third kappa shape index (κ3) is 3.76. The van der Waals surface area contributed by atoms with Gasteiger partial charge in [0.2, 0.25) is 0 Å². The van der Waals surface area contributed by atoms with Gasteiger partial charge in [-0.15, -0.1) is 0 Å². The van der Waals surface area contributed by atoms with Gasteiger partial charge in [-0.3, -0.25) is 4.79 Å². The van der Waals surface area contributed by atoms with Crippen LogP contribution in [0.2, 0.25) is 0 Å². The Hall–Kier alpha value is -1.94. The van der Waals surface area contributed by atoms with Crippen LogP contribution in [0.5, 0.6) is 0 Å². The molecule has 0 aliphatic rings. The molecule has 1 aromatic heterocycles. The van der Waals surface area contributed by atoms with Crippen LogP contribution in [0.3, 0.4) is 0 Å². The molecule has 0 saturated carbocycles. The summed E-state index contributed by atoms with van der Waals surface area (Å²) in [7, 11) is 1.89. The van der Waals surface area contributed by atoms with Crippen LogP contribution in [0.1, 0.15) is 30.3 Å². The number of nitrogens with two attached hydrogens (primary N) is 1. The van der Waals surface area contributed by atoms with Gasteiger partial charge in [-0.2, -0.15) is 0 Å². The van der Waals surface area contributed by atoms with Crippen molar-refractivity contribution in [3.63, 3.8) is 0 Å². The van der Waals surface area contributed by atoms with Crippen molar-refractivity contribution in [1.29, 1.82) is 0 Å². The number of imidazole rings is 1. The van der Waals surface area contributed by atoms with Crippen molar-refractivity contribution in [2.75, 3.05) is 0 Å². The molecule has 0 fully saturated rings. The van der Waals surface area contributed by atoms with Gasteiger partial charge in [-0.05, 0) is 12.0 Å². The first-order valence-electron chi connectivity index (χ1n) is 6.45. The topological polar surface area (TPSA) is 60.9 Å². The third-order valence-electron chi connectivity index (χ3n) is 3.24. The molecule has 100 valence electrons.